The third kappa shape index (κ3) is 2.74. The summed E-state index contributed by atoms with van der Waals surface area (Å²) in [5.41, 5.74) is 0. The van der Waals surface area contributed by atoms with Gasteiger partial charge in [0.15, 0.2) is 0 Å². The van der Waals surface area contributed by atoms with Gasteiger partial charge in [-0.15, -0.1) is 0 Å². The lowest BCUT2D eigenvalue weighted by Gasteiger charge is -2.24. The maximum atomic E-state index is 12.2. The highest BCUT2D eigenvalue weighted by molar-refractivity contribution is 5.89. The van der Waals surface area contributed by atoms with Crippen LogP contribution in [0, 0.1) is 11.8 Å². The first-order valence-corrected chi connectivity index (χ1v) is 6.26. The van der Waals surface area contributed by atoms with Gasteiger partial charge < -0.3 is 10.2 Å². The van der Waals surface area contributed by atoms with Gasteiger partial charge >= 0.3 is 0 Å². The maximum Gasteiger partial charge on any atom is 0.227 e. The molecule has 1 atom stereocenters. The van der Waals surface area contributed by atoms with Crippen molar-refractivity contribution in [2.75, 3.05) is 19.6 Å². The van der Waals surface area contributed by atoms with E-state index in [2.05, 4.69) is 12.2 Å². The van der Waals surface area contributed by atoms with Crippen molar-refractivity contribution >= 4 is 11.8 Å². The van der Waals surface area contributed by atoms with E-state index in [1.54, 1.807) is 0 Å². The molecule has 0 bridgehead atoms. The molecule has 1 unspecified atom stereocenters. The van der Waals surface area contributed by atoms with Crippen molar-refractivity contribution in [2.45, 2.75) is 32.6 Å². The monoisotopic (exact) mass is 224 g/mol. The summed E-state index contributed by atoms with van der Waals surface area (Å²) in [6, 6.07) is 0. The molecule has 0 spiro atoms. The van der Waals surface area contributed by atoms with E-state index in [-0.39, 0.29) is 17.7 Å². The predicted molar refractivity (Wildman–Crippen MR) is 60.7 cm³/mol. The molecule has 90 valence electrons. The molecule has 1 aliphatic heterocycles. The molecular formula is C12H20N2O2. The summed E-state index contributed by atoms with van der Waals surface area (Å²) in [5, 5.41) is 2.73. The molecule has 1 saturated heterocycles. The normalized spacial score (nSPS) is 24.3. The lowest BCUT2D eigenvalue weighted by atomic mass is 10.1. The van der Waals surface area contributed by atoms with E-state index in [9.17, 15) is 9.59 Å². The summed E-state index contributed by atoms with van der Waals surface area (Å²) in [4.78, 5) is 25.2. The first-order chi connectivity index (χ1) is 7.70. The van der Waals surface area contributed by atoms with Crippen LogP contribution in [0.3, 0.4) is 0 Å². The van der Waals surface area contributed by atoms with E-state index in [1.807, 2.05) is 4.90 Å². The van der Waals surface area contributed by atoms with Crippen LogP contribution >= 0.6 is 0 Å². The van der Waals surface area contributed by atoms with Gasteiger partial charge in [-0.05, 0) is 25.2 Å². The van der Waals surface area contributed by atoms with Crippen molar-refractivity contribution in [3.8, 4) is 0 Å². The quantitative estimate of drug-likeness (QED) is 0.750. The van der Waals surface area contributed by atoms with E-state index < -0.39 is 0 Å². The SMILES string of the molecule is CCCN(CC1CC1)C(=O)C1CNC(=O)C1. The van der Waals surface area contributed by atoms with Crippen molar-refractivity contribution in [2.24, 2.45) is 11.8 Å². The second-order valence-corrected chi connectivity index (χ2v) is 4.93. The first-order valence-electron chi connectivity index (χ1n) is 6.26. The molecule has 1 heterocycles. The fraction of sp³-hybridized carbons (Fsp3) is 0.833. The van der Waals surface area contributed by atoms with E-state index in [0.717, 1.165) is 25.4 Å². The Labute approximate surface area is 96.4 Å². The van der Waals surface area contributed by atoms with E-state index >= 15 is 0 Å². The Bertz CT molecular complexity index is 287. The Balaban J connectivity index is 1.89. The van der Waals surface area contributed by atoms with Gasteiger partial charge in [0.2, 0.25) is 11.8 Å². The highest BCUT2D eigenvalue weighted by Crippen LogP contribution is 2.30. The van der Waals surface area contributed by atoms with Crippen molar-refractivity contribution in [3.05, 3.63) is 0 Å². The number of hydrogen-bond donors (Lipinski definition) is 1. The Morgan fingerprint density at radius 1 is 1.50 bits per heavy atom. The summed E-state index contributed by atoms with van der Waals surface area (Å²) >= 11 is 0. The van der Waals surface area contributed by atoms with Crippen LogP contribution in [0.15, 0.2) is 0 Å². The van der Waals surface area contributed by atoms with Crippen LogP contribution in [0.2, 0.25) is 0 Å². The molecule has 1 saturated carbocycles. The van der Waals surface area contributed by atoms with Crippen molar-refractivity contribution in [1.29, 1.82) is 0 Å². The van der Waals surface area contributed by atoms with Crippen LogP contribution in [0.1, 0.15) is 32.6 Å². The second kappa shape index (κ2) is 4.85. The summed E-state index contributed by atoms with van der Waals surface area (Å²) in [6.45, 7) is 4.35. The topological polar surface area (TPSA) is 49.4 Å². The zero-order valence-electron chi connectivity index (χ0n) is 9.87. The zero-order chi connectivity index (χ0) is 11.5. The smallest absolute Gasteiger partial charge is 0.227 e. The van der Waals surface area contributed by atoms with Gasteiger partial charge in [-0.2, -0.15) is 0 Å². The lowest BCUT2D eigenvalue weighted by molar-refractivity contribution is -0.136. The molecular weight excluding hydrogens is 204 g/mol. The number of nitrogens with one attached hydrogen (secondary N) is 1. The molecule has 2 fully saturated rings. The number of rotatable bonds is 5. The minimum absolute atomic E-state index is 0.0150. The zero-order valence-corrected chi connectivity index (χ0v) is 9.87. The van der Waals surface area contributed by atoms with Crippen molar-refractivity contribution in [3.63, 3.8) is 0 Å². The largest absolute Gasteiger partial charge is 0.355 e. The Kier molecular flexibility index (Phi) is 3.46. The number of carbonyl (C=O) groups excluding carboxylic acids is 2. The summed E-state index contributed by atoms with van der Waals surface area (Å²) in [7, 11) is 0. The molecule has 0 aromatic rings. The number of amides is 2. The summed E-state index contributed by atoms with van der Waals surface area (Å²) in [6.07, 6.45) is 3.89. The molecule has 2 aliphatic rings. The number of carbonyl (C=O) groups is 2. The van der Waals surface area contributed by atoms with E-state index in [1.165, 1.54) is 12.8 Å². The minimum Gasteiger partial charge on any atom is -0.355 e. The second-order valence-electron chi connectivity index (χ2n) is 4.93. The summed E-state index contributed by atoms with van der Waals surface area (Å²) in [5.74, 6) is 0.798. The molecule has 1 N–H and O–H groups in total. The van der Waals surface area contributed by atoms with Gasteiger partial charge in [-0.3, -0.25) is 9.59 Å². The van der Waals surface area contributed by atoms with Crippen LogP contribution in [0.25, 0.3) is 0 Å². The molecule has 16 heavy (non-hydrogen) atoms. The minimum atomic E-state index is -0.113. The predicted octanol–water partition coefficient (Wildman–Crippen LogP) is 0.771. The molecule has 0 radical (unpaired) electrons. The molecule has 2 rings (SSSR count). The van der Waals surface area contributed by atoms with Gasteiger partial charge in [0.05, 0.1) is 5.92 Å². The standard InChI is InChI=1S/C12H20N2O2/c1-2-5-14(8-9-3-4-9)12(16)10-6-11(15)13-7-10/h9-10H,2-8H2,1H3,(H,13,15). The lowest BCUT2D eigenvalue weighted by Crippen LogP contribution is -2.38. The van der Waals surface area contributed by atoms with Gasteiger partial charge in [-0.25, -0.2) is 0 Å². The molecule has 0 aromatic heterocycles. The fourth-order valence-electron chi connectivity index (χ4n) is 2.21. The molecule has 4 heteroatoms. The summed E-state index contributed by atoms with van der Waals surface area (Å²) < 4.78 is 0. The average Bonchev–Trinajstić information content (AvgIpc) is 2.97. The van der Waals surface area contributed by atoms with E-state index in [0.29, 0.717) is 13.0 Å². The third-order valence-corrected chi connectivity index (χ3v) is 3.31. The van der Waals surface area contributed by atoms with Crippen molar-refractivity contribution in [1.82, 2.24) is 10.2 Å². The molecule has 2 amide bonds. The van der Waals surface area contributed by atoms with Crippen LogP contribution in [0.4, 0.5) is 0 Å². The average molecular weight is 224 g/mol. The third-order valence-electron chi connectivity index (χ3n) is 3.31. The van der Waals surface area contributed by atoms with Crippen LogP contribution < -0.4 is 5.32 Å². The van der Waals surface area contributed by atoms with E-state index in [4.69, 9.17) is 0 Å². The Morgan fingerprint density at radius 3 is 2.75 bits per heavy atom. The number of nitrogens with zero attached hydrogens (tertiary/aromatic N) is 1. The highest BCUT2D eigenvalue weighted by Gasteiger charge is 2.33. The first kappa shape index (κ1) is 11.4. The van der Waals surface area contributed by atoms with Crippen molar-refractivity contribution < 1.29 is 9.59 Å². The number of hydrogen-bond acceptors (Lipinski definition) is 2. The highest BCUT2D eigenvalue weighted by atomic mass is 16.2. The Hall–Kier alpha value is -1.06. The molecule has 0 aromatic carbocycles. The van der Waals surface area contributed by atoms with Crippen LogP contribution in [0.5, 0.6) is 0 Å². The van der Waals surface area contributed by atoms with Gasteiger partial charge in [0, 0.05) is 26.1 Å². The molecule has 4 nitrogen and oxygen atoms in total. The fourth-order valence-corrected chi connectivity index (χ4v) is 2.21. The van der Waals surface area contributed by atoms with Gasteiger partial charge in [0.25, 0.3) is 0 Å². The van der Waals surface area contributed by atoms with Gasteiger partial charge in [-0.1, -0.05) is 6.92 Å². The van der Waals surface area contributed by atoms with Crippen LogP contribution in [-0.2, 0) is 9.59 Å². The van der Waals surface area contributed by atoms with Crippen LogP contribution in [-0.4, -0.2) is 36.3 Å². The van der Waals surface area contributed by atoms with Gasteiger partial charge in [0.1, 0.15) is 0 Å². The Morgan fingerprint density at radius 2 is 2.25 bits per heavy atom. The molecule has 1 aliphatic carbocycles. The maximum absolute atomic E-state index is 12.2.